The maximum Gasteiger partial charge on any atom is 0.118 e. The van der Waals surface area contributed by atoms with Crippen molar-refractivity contribution < 1.29 is 4.74 Å². The highest BCUT2D eigenvalue weighted by Crippen LogP contribution is 2.52. The Hall–Kier alpha value is -4.24. The smallest absolute Gasteiger partial charge is 0.118 e. The van der Waals surface area contributed by atoms with E-state index in [0.29, 0.717) is 0 Å². The number of aromatic nitrogens is 1. The first-order chi connectivity index (χ1) is 16.8. The van der Waals surface area contributed by atoms with Crippen LogP contribution in [0.3, 0.4) is 0 Å². The van der Waals surface area contributed by atoms with Gasteiger partial charge in [-0.2, -0.15) is 0 Å². The molecule has 2 aliphatic rings. The van der Waals surface area contributed by atoms with Gasteiger partial charge in [0.15, 0.2) is 0 Å². The summed E-state index contributed by atoms with van der Waals surface area (Å²) < 4.78 is 7.92. The monoisotopic (exact) mass is 440 g/mol. The van der Waals surface area contributed by atoms with E-state index in [1.165, 1.54) is 55.9 Å². The minimum absolute atomic E-state index is 0.0839. The molecule has 3 heterocycles. The zero-order valence-electron chi connectivity index (χ0n) is 19.2. The van der Waals surface area contributed by atoms with Crippen molar-refractivity contribution in [2.45, 2.75) is 13.0 Å². The molecule has 1 unspecified atom stereocenters. The second-order valence-electron chi connectivity index (χ2n) is 9.01. The number of anilines is 1. The molecule has 1 atom stereocenters. The Kier molecular flexibility index (Phi) is 4.04. The second kappa shape index (κ2) is 7.13. The van der Waals surface area contributed by atoms with Gasteiger partial charge in [0.25, 0.3) is 0 Å². The van der Waals surface area contributed by atoms with Crippen molar-refractivity contribution >= 4 is 28.4 Å². The van der Waals surface area contributed by atoms with Gasteiger partial charge in [-0.3, -0.25) is 0 Å². The zero-order valence-corrected chi connectivity index (χ0v) is 19.2. The fraction of sp³-hybridized carbons (Fsp3) is 0.0968. The standard InChI is InChI=1S/C31H24N2O/c1-20-24-10-5-6-12-26(24)32-27-13-7-8-14-28(27)33-29(21-15-17-23(34-2)18-16-21)19-22-9-3-4-11-25(22)31(33)30(20)32/h3-19,31H,1-2H3. The molecule has 0 aliphatic carbocycles. The molecule has 3 nitrogen and oxygen atoms in total. The molecule has 1 aromatic heterocycles. The Morgan fingerprint density at radius 2 is 1.44 bits per heavy atom. The van der Waals surface area contributed by atoms with Gasteiger partial charge in [0, 0.05) is 5.39 Å². The summed E-state index contributed by atoms with van der Waals surface area (Å²) in [5, 5.41) is 1.31. The first-order valence-corrected chi connectivity index (χ1v) is 11.7. The van der Waals surface area contributed by atoms with Crippen molar-refractivity contribution in [3.05, 3.63) is 125 Å². The van der Waals surface area contributed by atoms with Crippen molar-refractivity contribution in [1.29, 1.82) is 0 Å². The Morgan fingerprint density at radius 1 is 0.735 bits per heavy atom. The molecule has 34 heavy (non-hydrogen) atoms. The lowest BCUT2D eigenvalue weighted by molar-refractivity contribution is 0.415. The summed E-state index contributed by atoms with van der Waals surface area (Å²) in [7, 11) is 1.71. The summed E-state index contributed by atoms with van der Waals surface area (Å²) in [5.74, 6) is 0.868. The van der Waals surface area contributed by atoms with E-state index < -0.39 is 0 Å². The van der Waals surface area contributed by atoms with E-state index in [4.69, 9.17) is 4.74 Å². The molecule has 0 spiro atoms. The molecule has 0 bridgehead atoms. The SMILES string of the molecule is COc1ccc(C2=Cc3ccccc3C3c4c(C)c5ccccc5n4-c4ccccc4N23)cc1. The highest BCUT2D eigenvalue weighted by Gasteiger charge is 2.40. The summed E-state index contributed by atoms with van der Waals surface area (Å²) >= 11 is 0. The summed E-state index contributed by atoms with van der Waals surface area (Å²) in [6.07, 6.45) is 2.33. The van der Waals surface area contributed by atoms with Crippen LogP contribution in [0.2, 0.25) is 0 Å². The van der Waals surface area contributed by atoms with Gasteiger partial charge in [0.2, 0.25) is 0 Å². The first-order valence-electron chi connectivity index (χ1n) is 11.7. The van der Waals surface area contributed by atoms with E-state index in [-0.39, 0.29) is 6.04 Å². The number of benzene rings is 4. The third kappa shape index (κ3) is 2.52. The van der Waals surface area contributed by atoms with Gasteiger partial charge in [-0.1, -0.05) is 54.6 Å². The molecular formula is C31H24N2O. The van der Waals surface area contributed by atoms with Crippen LogP contribution >= 0.6 is 0 Å². The second-order valence-corrected chi connectivity index (χ2v) is 9.01. The lowest BCUT2D eigenvalue weighted by atomic mass is 9.86. The Balaban J connectivity index is 1.59. The molecule has 0 amide bonds. The van der Waals surface area contributed by atoms with Gasteiger partial charge in [-0.15, -0.1) is 0 Å². The normalized spacial score (nSPS) is 15.8. The maximum absolute atomic E-state index is 5.44. The van der Waals surface area contributed by atoms with Crippen molar-refractivity contribution in [2.75, 3.05) is 12.0 Å². The number of aryl methyl sites for hydroxylation is 1. The summed E-state index contributed by atoms with van der Waals surface area (Å²) in [4.78, 5) is 2.53. The third-order valence-electron chi connectivity index (χ3n) is 7.30. The van der Waals surface area contributed by atoms with Gasteiger partial charge in [0.1, 0.15) is 11.8 Å². The highest BCUT2D eigenvalue weighted by atomic mass is 16.5. The molecule has 0 saturated carbocycles. The highest BCUT2D eigenvalue weighted by molar-refractivity contribution is 5.99. The Labute approximate surface area is 199 Å². The molecule has 164 valence electrons. The number of fused-ring (bicyclic) bond motifs is 10. The minimum Gasteiger partial charge on any atom is -0.497 e. The average Bonchev–Trinajstić information content (AvgIpc) is 3.21. The molecule has 4 aromatic carbocycles. The molecule has 0 fully saturated rings. The summed E-state index contributed by atoms with van der Waals surface area (Å²) in [6.45, 7) is 2.27. The number of methoxy groups -OCH3 is 1. The predicted octanol–water partition coefficient (Wildman–Crippen LogP) is 7.37. The molecule has 0 saturated heterocycles. The fourth-order valence-corrected chi connectivity index (χ4v) is 5.77. The van der Waals surface area contributed by atoms with Crippen molar-refractivity contribution in [1.82, 2.24) is 4.57 Å². The molecule has 2 aliphatic heterocycles. The molecule has 5 aromatic rings. The van der Waals surface area contributed by atoms with Crippen LogP contribution in [0, 0.1) is 6.92 Å². The number of para-hydroxylation sites is 3. The molecule has 0 N–H and O–H groups in total. The van der Waals surface area contributed by atoms with Crippen molar-refractivity contribution in [3.8, 4) is 11.4 Å². The van der Waals surface area contributed by atoms with E-state index in [2.05, 4.69) is 107 Å². The lowest BCUT2D eigenvalue weighted by Gasteiger charge is -2.44. The summed E-state index contributed by atoms with van der Waals surface area (Å²) in [6, 6.07) is 34.9. The van der Waals surface area contributed by atoms with Crippen LogP contribution in [0.4, 0.5) is 5.69 Å². The van der Waals surface area contributed by atoms with E-state index in [1.54, 1.807) is 7.11 Å². The predicted molar refractivity (Wildman–Crippen MR) is 140 cm³/mol. The van der Waals surface area contributed by atoms with Crippen LogP contribution < -0.4 is 9.64 Å². The topological polar surface area (TPSA) is 17.4 Å². The van der Waals surface area contributed by atoms with E-state index >= 15 is 0 Å². The van der Waals surface area contributed by atoms with Crippen LogP contribution in [0.1, 0.15) is 34.0 Å². The molecule has 0 radical (unpaired) electrons. The van der Waals surface area contributed by atoms with Crippen molar-refractivity contribution in [3.63, 3.8) is 0 Å². The fourth-order valence-electron chi connectivity index (χ4n) is 5.77. The molecule has 3 heteroatoms. The van der Waals surface area contributed by atoms with Crippen LogP contribution in [-0.2, 0) is 0 Å². The minimum atomic E-state index is 0.0839. The van der Waals surface area contributed by atoms with Crippen LogP contribution in [-0.4, -0.2) is 11.7 Å². The molecular weight excluding hydrogens is 416 g/mol. The largest absolute Gasteiger partial charge is 0.497 e. The Bertz CT molecular complexity index is 1610. The van der Waals surface area contributed by atoms with E-state index in [1.807, 2.05) is 12.1 Å². The van der Waals surface area contributed by atoms with Crippen LogP contribution in [0.5, 0.6) is 5.75 Å². The quantitative estimate of drug-likeness (QED) is 0.285. The maximum atomic E-state index is 5.44. The average molecular weight is 441 g/mol. The first kappa shape index (κ1) is 19.2. The summed E-state index contributed by atoms with van der Waals surface area (Å²) in [5.41, 5.74) is 11.4. The van der Waals surface area contributed by atoms with Gasteiger partial charge in [-0.25, -0.2) is 0 Å². The van der Waals surface area contributed by atoms with Gasteiger partial charge >= 0.3 is 0 Å². The number of ether oxygens (including phenoxy) is 1. The van der Waals surface area contributed by atoms with Crippen LogP contribution in [0.15, 0.2) is 97.1 Å². The number of hydrogen-bond donors (Lipinski definition) is 0. The van der Waals surface area contributed by atoms with Crippen LogP contribution in [0.25, 0.3) is 28.4 Å². The zero-order chi connectivity index (χ0) is 22.8. The lowest BCUT2D eigenvalue weighted by Crippen LogP contribution is -2.36. The van der Waals surface area contributed by atoms with E-state index in [9.17, 15) is 0 Å². The van der Waals surface area contributed by atoms with E-state index in [0.717, 1.165) is 5.75 Å². The Morgan fingerprint density at radius 3 is 2.26 bits per heavy atom. The van der Waals surface area contributed by atoms with Gasteiger partial charge in [-0.05, 0) is 77.7 Å². The van der Waals surface area contributed by atoms with Gasteiger partial charge < -0.3 is 14.2 Å². The number of nitrogens with zero attached hydrogens (tertiary/aromatic N) is 2. The van der Waals surface area contributed by atoms with Gasteiger partial charge in [0.05, 0.1) is 35.4 Å². The number of hydrogen-bond acceptors (Lipinski definition) is 2. The third-order valence-corrected chi connectivity index (χ3v) is 7.30. The van der Waals surface area contributed by atoms with Crippen molar-refractivity contribution in [2.24, 2.45) is 0 Å². The number of rotatable bonds is 2. The molecule has 7 rings (SSSR count).